The fraction of sp³-hybridized carbons (Fsp3) is 0.0870. The van der Waals surface area contributed by atoms with Crippen LogP contribution in [0.3, 0.4) is 0 Å². The zero-order valence-corrected chi connectivity index (χ0v) is 17.7. The van der Waals surface area contributed by atoms with Crippen molar-refractivity contribution in [1.82, 2.24) is 4.57 Å². The largest absolute Gasteiger partial charge is 1.00 e. The molecule has 29 heavy (non-hydrogen) atoms. The van der Waals surface area contributed by atoms with E-state index in [1.165, 1.54) is 12.1 Å². The van der Waals surface area contributed by atoms with Crippen LogP contribution in [0, 0.1) is 5.82 Å². The first-order valence-corrected chi connectivity index (χ1v) is 8.98. The average molecular weight is 498 g/mol. The third-order valence-corrected chi connectivity index (χ3v) is 5.25. The number of hydrogen-bond acceptors (Lipinski definition) is 2. The first-order valence-electron chi connectivity index (χ1n) is 8.98. The van der Waals surface area contributed by atoms with Crippen LogP contribution in [0.15, 0.2) is 67.0 Å². The van der Waals surface area contributed by atoms with Crippen molar-refractivity contribution in [1.29, 1.82) is 0 Å². The smallest absolute Gasteiger partial charge is 0.245 e. The van der Waals surface area contributed by atoms with Gasteiger partial charge in [-0.3, -0.25) is 9.59 Å². The topological polar surface area (TPSA) is 43.0 Å². The second-order valence-electron chi connectivity index (χ2n) is 7.08. The van der Waals surface area contributed by atoms with Crippen molar-refractivity contribution < 1.29 is 42.5 Å². The van der Waals surface area contributed by atoms with Gasteiger partial charge in [0, 0.05) is 11.1 Å². The molecule has 1 heterocycles. The van der Waals surface area contributed by atoms with Crippen LogP contribution in [0.25, 0.3) is 10.8 Å². The van der Waals surface area contributed by atoms with E-state index in [1.54, 1.807) is 46.8 Å². The van der Waals surface area contributed by atoms with Gasteiger partial charge in [0.2, 0.25) is 29.3 Å². The number of ketones is 2. The van der Waals surface area contributed by atoms with Gasteiger partial charge in [0.1, 0.15) is 12.4 Å². The van der Waals surface area contributed by atoms with Gasteiger partial charge in [0.25, 0.3) is 0 Å². The molecule has 0 aliphatic heterocycles. The van der Waals surface area contributed by atoms with E-state index < -0.39 is 0 Å². The maximum absolute atomic E-state index is 13.3. The van der Waals surface area contributed by atoms with E-state index in [0.29, 0.717) is 29.1 Å². The minimum absolute atomic E-state index is 0. The summed E-state index contributed by atoms with van der Waals surface area (Å²) in [5.41, 5.74) is 2.47. The number of carbonyl (C=O) groups is 2. The molecular formula is C23H16FIN2O2. The van der Waals surface area contributed by atoms with Crippen LogP contribution in [0.4, 0.5) is 4.39 Å². The van der Waals surface area contributed by atoms with Crippen molar-refractivity contribution >= 4 is 22.3 Å². The maximum atomic E-state index is 13.3. The van der Waals surface area contributed by atoms with Crippen molar-refractivity contribution in [2.45, 2.75) is 6.54 Å². The Balaban J connectivity index is 0.00000205. The Morgan fingerprint density at radius 3 is 2.10 bits per heavy atom. The van der Waals surface area contributed by atoms with Gasteiger partial charge in [-0.25, -0.2) is 13.5 Å². The molecule has 1 aliphatic carbocycles. The van der Waals surface area contributed by atoms with Crippen LogP contribution < -0.4 is 28.5 Å². The highest BCUT2D eigenvalue weighted by Gasteiger charge is 2.40. The fourth-order valence-electron chi connectivity index (χ4n) is 3.91. The summed E-state index contributed by atoms with van der Waals surface area (Å²) in [6.07, 6.45) is 1.75. The van der Waals surface area contributed by atoms with Gasteiger partial charge in [-0.15, -0.1) is 0 Å². The van der Waals surface area contributed by atoms with Crippen molar-refractivity contribution in [3.8, 4) is 0 Å². The van der Waals surface area contributed by atoms with E-state index in [-0.39, 0.29) is 41.4 Å². The third kappa shape index (κ3) is 3.07. The minimum atomic E-state index is -0.309. The lowest BCUT2D eigenvalue weighted by Crippen LogP contribution is -3.00. The molecule has 0 bridgehead atoms. The van der Waals surface area contributed by atoms with Gasteiger partial charge in [-0.2, -0.15) is 0 Å². The Hall–Kier alpha value is -2.87. The summed E-state index contributed by atoms with van der Waals surface area (Å²) in [6.45, 7) is 0.380. The molecule has 5 rings (SSSR count). The van der Waals surface area contributed by atoms with Gasteiger partial charge >= 0.3 is 0 Å². The Kier molecular flexibility index (Phi) is 4.82. The molecule has 1 aromatic heterocycles. The van der Waals surface area contributed by atoms with Crippen LogP contribution in [-0.2, 0) is 13.6 Å². The Bertz CT molecular complexity index is 1290. The number of rotatable bonds is 2. The SMILES string of the molecule is C[n+]1cn(Cc2ccc(F)cc2)c2c1C(=O)c1cc3ccccc3cc1C2=O.[I-]. The van der Waals surface area contributed by atoms with Gasteiger partial charge in [-0.05, 0) is 40.6 Å². The molecule has 0 atom stereocenters. The molecule has 0 N–H and O–H groups in total. The van der Waals surface area contributed by atoms with E-state index in [0.717, 1.165) is 16.3 Å². The number of nitrogens with zero attached hydrogens (tertiary/aromatic N) is 2. The van der Waals surface area contributed by atoms with E-state index in [1.807, 2.05) is 24.3 Å². The lowest BCUT2D eigenvalue weighted by Gasteiger charge is -2.14. The molecule has 0 spiro atoms. The number of hydrogen-bond donors (Lipinski definition) is 0. The lowest BCUT2D eigenvalue weighted by atomic mass is 9.87. The summed E-state index contributed by atoms with van der Waals surface area (Å²) in [6, 6.07) is 17.4. The lowest BCUT2D eigenvalue weighted by molar-refractivity contribution is -0.672. The van der Waals surface area contributed by atoms with Crippen molar-refractivity contribution in [2.75, 3.05) is 0 Å². The highest BCUT2D eigenvalue weighted by Crippen LogP contribution is 2.30. The molecule has 144 valence electrons. The Morgan fingerprint density at radius 1 is 0.897 bits per heavy atom. The van der Waals surface area contributed by atoms with E-state index in [2.05, 4.69) is 0 Å². The summed E-state index contributed by atoms with van der Waals surface area (Å²) >= 11 is 0. The highest BCUT2D eigenvalue weighted by molar-refractivity contribution is 6.27. The van der Waals surface area contributed by atoms with E-state index in [9.17, 15) is 14.0 Å². The molecule has 0 saturated heterocycles. The van der Waals surface area contributed by atoms with Gasteiger partial charge in [0.15, 0.2) is 0 Å². The minimum Gasteiger partial charge on any atom is -1.00 e. The molecule has 0 unspecified atom stereocenters. The van der Waals surface area contributed by atoms with E-state index >= 15 is 0 Å². The summed E-state index contributed by atoms with van der Waals surface area (Å²) in [4.78, 5) is 26.5. The molecule has 3 aromatic carbocycles. The Labute approximate surface area is 183 Å². The molecule has 0 fully saturated rings. The number of aromatic nitrogens is 2. The molecule has 0 amide bonds. The normalized spacial score (nSPS) is 12.5. The Morgan fingerprint density at radius 2 is 1.48 bits per heavy atom. The van der Waals surface area contributed by atoms with Crippen LogP contribution >= 0.6 is 0 Å². The molecule has 1 aliphatic rings. The molecule has 0 radical (unpaired) electrons. The summed E-state index contributed by atoms with van der Waals surface area (Å²) in [7, 11) is 1.76. The third-order valence-electron chi connectivity index (χ3n) is 5.25. The summed E-state index contributed by atoms with van der Waals surface area (Å²) in [5.74, 6) is -0.635. The second-order valence-corrected chi connectivity index (χ2v) is 7.08. The van der Waals surface area contributed by atoms with Crippen LogP contribution in [0.2, 0.25) is 0 Å². The quantitative estimate of drug-likeness (QED) is 0.262. The predicted molar refractivity (Wildman–Crippen MR) is 102 cm³/mol. The summed E-state index contributed by atoms with van der Waals surface area (Å²) < 4.78 is 16.7. The van der Waals surface area contributed by atoms with Gasteiger partial charge in [-0.1, -0.05) is 36.4 Å². The van der Waals surface area contributed by atoms with Crippen molar-refractivity contribution in [3.05, 3.63) is 101 Å². The maximum Gasteiger partial charge on any atom is 0.245 e. The van der Waals surface area contributed by atoms with Crippen molar-refractivity contribution in [3.63, 3.8) is 0 Å². The zero-order valence-electron chi connectivity index (χ0n) is 15.5. The number of benzene rings is 3. The number of fused-ring (bicyclic) bond motifs is 3. The molecule has 6 heteroatoms. The number of imidazole rings is 1. The van der Waals surface area contributed by atoms with Gasteiger partial charge in [0.05, 0.1) is 7.05 Å². The number of carbonyl (C=O) groups excluding carboxylic acids is 2. The van der Waals surface area contributed by atoms with Crippen LogP contribution in [0.1, 0.15) is 37.7 Å². The van der Waals surface area contributed by atoms with Gasteiger partial charge < -0.3 is 24.0 Å². The number of halogens is 2. The van der Waals surface area contributed by atoms with Crippen LogP contribution in [0.5, 0.6) is 0 Å². The molecular weight excluding hydrogens is 482 g/mol. The average Bonchev–Trinajstić information content (AvgIpc) is 3.03. The standard InChI is InChI=1S/C23H16FN2O2.HI/c1-25-13-26(12-14-6-8-17(24)9-7-14)21-20(25)22(27)18-10-15-4-2-3-5-16(15)11-19(18)23(21)28;/h2-11,13H,12H2,1H3;1H/q+1;/p-1. The molecule has 4 nitrogen and oxygen atoms in total. The first-order chi connectivity index (χ1) is 13.5. The summed E-state index contributed by atoms with van der Waals surface area (Å²) in [5, 5.41) is 1.85. The monoisotopic (exact) mass is 498 g/mol. The fourth-order valence-corrected chi connectivity index (χ4v) is 3.91. The first kappa shape index (κ1) is 19.4. The molecule has 4 aromatic rings. The highest BCUT2D eigenvalue weighted by atomic mass is 127. The zero-order chi connectivity index (χ0) is 19.4. The van der Waals surface area contributed by atoms with E-state index in [4.69, 9.17) is 0 Å². The predicted octanol–water partition coefficient (Wildman–Crippen LogP) is 0.433. The number of aryl methyl sites for hydroxylation is 1. The second kappa shape index (κ2) is 7.18. The molecule has 0 saturated carbocycles. The van der Waals surface area contributed by atoms with Crippen molar-refractivity contribution in [2.24, 2.45) is 7.05 Å². The van der Waals surface area contributed by atoms with Crippen LogP contribution in [-0.4, -0.2) is 16.1 Å².